The van der Waals surface area contributed by atoms with Gasteiger partial charge in [0.25, 0.3) is 12.1 Å². The van der Waals surface area contributed by atoms with Crippen LogP contribution in [0.4, 0.5) is 10.2 Å². The van der Waals surface area contributed by atoms with E-state index in [-0.39, 0.29) is 18.2 Å². The molecule has 4 rings (SSSR count). The Kier molecular flexibility index (Phi) is 7.58. The van der Waals surface area contributed by atoms with Gasteiger partial charge < -0.3 is 30.6 Å². The monoisotopic (exact) mass is 491 g/mol. The first-order valence-electron chi connectivity index (χ1n) is 9.14. The zero-order valence-electron chi connectivity index (χ0n) is 16.6. The lowest BCUT2D eigenvalue weighted by Gasteiger charge is -2.17. The second-order valence-electron chi connectivity index (χ2n) is 6.79. The van der Waals surface area contributed by atoms with Crippen LogP contribution in [0.5, 0.6) is 0 Å². The van der Waals surface area contributed by atoms with Crippen molar-refractivity contribution in [1.82, 2.24) is 14.5 Å². The van der Waals surface area contributed by atoms with E-state index in [0.717, 1.165) is 5.56 Å². The average Bonchev–Trinajstić information content (AvgIpc) is 3.29. The molecular weight excluding hydrogens is 473 g/mol. The molecule has 3 heterocycles. The number of ether oxygens (including phenoxy) is 1. The molecule has 2 aromatic heterocycles. The fraction of sp³-hybridized carbons (Fsp3) is 0.353. The normalized spacial score (nSPS) is 22.8. The highest BCUT2D eigenvalue weighted by molar-refractivity contribution is 5.79. The molecule has 0 aliphatic carbocycles. The predicted molar refractivity (Wildman–Crippen MR) is 91.8 cm³/mol. The highest BCUT2D eigenvalue weighted by atomic mass is 35.7. The van der Waals surface area contributed by atoms with Gasteiger partial charge in [-0.25, -0.2) is 28.0 Å². The van der Waals surface area contributed by atoms with E-state index in [1.807, 2.05) is 0 Å². The zero-order valence-corrected chi connectivity index (χ0v) is 17.4. The standard InChI is InChI=1S/C17H18FN5O5.ClHO4/c18-10-3-1-9(2-4-10)6-27-23-8-21-16-12(15(23)19)20-7-22(16)17-14(26)13(25)11(5-24)28-17;2-1(3,4)5/h1-4,7-8,11,13-14,17,19,24-26H,5-6H2;(H,2,3,4,5)/t11-,13-,14-,17-;/m1./s1. The van der Waals surface area contributed by atoms with Crippen LogP contribution in [-0.2, 0) is 11.3 Å². The molecule has 0 bridgehead atoms. The van der Waals surface area contributed by atoms with Crippen LogP contribution in [0.15, 0.2) is 36.9 Å². The molecule has 4 atom stereocenters. The van der Waals surface area contributed by atoms with E-state index in [0.29, 0.717) is 11.2 Å². The third-order valence-corrected chi connectivity index (χ3v) is 4.61. The van der Waals surface area contributed by atoms with Crippen LogP contribution in [0.3, 0.4) is 0 Å². The van der Waals surface area contributed by atoms with E-state index >= 15 is 0 Å². The first kappa shape index (κ1) is 24.9. The SMILES string of the molecule is Nc1c2ncn([C@@H]3O[C@H](CO)[C@@H](O)[C@H]3O)c2nc[n+]1OCc1ccc(F)cc1.[O-][Cl+3]([O-])([O-])[O-]. The molecule has 0 radical (unpaired) electrons. The Balaban J connectivity index is 0.000000555. The maximum absolute atomic E-state index is 13.0. The summed E-state index contributed by atoms with van der Waals surface area (Å²) in [4.78, 5) is 14.0. The van der Waals surface area contributed by atoms with Gasteiger partial charge in [0.15, 0.2) is 12.8 Å². The van der Waals surface area contributed by atoms with Crippen LogP contribution in [0.25, 0.3) is 11.2 Å². The molecule has 1 aliphatic heterocycles. The quantitative estimate of drug-likeness (QED) is 0.244. The minimum absolute atomic E-state index is 0.137. The summed E-state index contributed by atoms with van der Waals surface area (Å²) >= 11 is 0. The summed E-state index contributed by atoms with van der Waals surface area (Å²) in [5.41, 5.74) is 7.46. The van der Waals surface area contributed by atoms with Gasteiger partial charge in [0.1, 0.15) is 30.5 Å². The number of rotatable bonds is 5. The van der Waals surface area contributed by atoms with Gasteiger partial charge in [0, 0.05) is 0 Å². The summed E-state index contributed by atoms with van der Waals surface area (Å²) in [5, 5.41) is 29.4. The highest BCUT2D eigenvalue weighted by Crippen LogP contribution is 2.31. The molecule has 33 heavy (non-hydrogen) atoms. The Hall–Kier alpha value is -2.73. The molecule has 180 valence electrons. The van der Waals surface area contributed by atoms with E-state index in [9.17, 15) is 19.7 Å². The van der Waals surface area contributed by atoms with Gasteiger partial charge in [-0.1, -0.05) is 21.8 Å². The van der Waals surface area contributed by atoms with Gasteiger partial charge in [0.05, 0.1) is 6.61 Å². The smallest absolute Gasteiger partial charge is 0.289 e. The summed E-state index contributed by atoms with van der Waals surface area (Å²) in [7, 11) is -4.94. The summed E-state index contributed by atoms with van der Waals surface area (Å²) < 4.78 is 55.1. The fourth-order valence-electron chi connectivity index (χ4n) is 3.06. The molecular formula is C17H19ClFN5O9. The second-order valence-corrected chi connectivity index (χ2v) is 7.54. The number of aliphatic hydroxyl groups excluding tert-OH is 3. The van der Waals surface area contributed by atoms with Crippen LogP contribution in [0.2, 0.25) is 0 Å². The number of fused-ring (bicyclic) bond motifs is 1. The predicted octanol–water partition coefficient (Wildman–Crippen LogP) is -6.08. The van der Waals surface area contributed by atoms with Crippen LogP contribution in [0, 0.1) is 16.1 Å². The fourth-order valence-corrected chi connectivity index (χ4v) is 3.06. The molecule has 1 aromatic carbocycles. The lowest BCUT2D eigenvalue weighted by molar-refractivity contribution is -2.00. The number of anilines is 1. The van der Waals surface area contributed by atoms with Crippen LogP contribution in [-0.4, -0.2) is 54.8 Å². The van der Waals surface area contributed by atoms with Crippen molar-refractivity contribution >= 4 is 17.0 Å². The minimum Gasteiger partial charge on any atom is -0.394 e. The van der Waals surface area contributed by atoms with Gasteiger partial charge >= 0.3 is 0 Å². The number of nitrogen functional groups attached to an aromatic ring is 1. The lowest BCUT2D eigenvalue weighted by atomic mass is 10.1. The molecule has 5 N–H and O–H groups in total. The summed E-state index contributed by atoms with van der Waals surface area (Å²) in [6.07, 6.45) is -1.68. The van der Waals surface area contributed by atoms with Crippen molar-refractivity contribution in [3.63, 3.8) is 0 Å². The first-order valence-corrected chi connectivity index (χ1v) is 10.4. The number of aromatic nitrogens is 4. The third kappa shape index (κ3) is 5.99. The van der Waals surface area contributed by atoms with E-state index < -0.39 is 41.4 Å². The molecule has 14 nitrogen and oxygen atoms in total. The third-order valence-electron chi connectivity index (χ3n) is 4.61. The number of hydrogen-bond acceptors (Lipinski definition) is 12. The minimum atomic E-state index is -4.94. The molecule has 0 saturated carbocycles. The highest BCUT2D eigenvalue weighted by Gasteiger charge is 2.44. The lowest BCUT2D eigenvalue weighted by Crippen LogP contribution is -2.68. The van der Waals surface area contributed by atoms with Crippen molar-refractivity contribution < 1.29 is 62.9 Å². The summed E-state index contributed by atoms with van der Waals surface area (Å²) in [6, 6.07) is 5.84. The molecule has 0 unspecified atom stereocenters. The van der Waals surface area contributed by atoms with Crippen molar-refractivity contribution in [2.75, 3.05) is 12.3 Å². The summed E-state index contributed by atoms with van der Waals surface area (Å²) in [5.74, 6) is -0.174. The van der Waals surface area contributed by atoms with E-state index in [1.165, 1.54) is 34.1 Å². The Morgan fingerprint density at radius 2 is 1.79 bits per heavy atom. The Morgan fingerprint density at radius 3 is 2.36 bits per heavy atom. The summed E-state index contributed by atoms with van der Waals surface area (Å²) in [6.45, 7) is -0.300. The molecule has 1 fully saturated rings. The number of imidazole rings is 1. The van der Waals surface area contributed by atoms with E-state index in [1.54, 1.807) is 12.1 Å². The van der Waals surface area contributed by atoms with Gasteiger partial charge in [-0.3, -0.25) is 4.57 Å². The molecule has 0 amide bonds. The molecule has 3 aromatic rings. The van der Waals surface area contributed by atoms with Crippen molar-refractivity contribution in [3.8, 4) is 0 Å². The first-order chi connectivity index (χ1) is 15.5. The molecule has 16 heteroatoms. The van der Waals surface area contributed by atoms with Gasteiger partial charge in [0.2, 0.25) is 11.2 Å². The Labute approximate surface area is 186 Å². The average molecular weight is 492 g/mol. The van der Waals surface area contributed by atoms with Gasteiger partial charge in [-0.15, -0.1) is 10.2 Å². The number of aliphatic hydroxyl groups is 3. The van der Waals surface area contributed by atoms with Crippen LogP contribution >= 0.6 is 0 Å². The van der Waals surface area contributed by atoms with Crippen molar-refractivity contribution in [3.05, 3.63) is 48.3 Å². The Morgan fingerprint density at radius 1 is 1.15 bits per heavy atom. The Bertz CT molecular complexity index is 1080. The van der Waals surface area contributed by atoms with Crippen molar-refractivity contribution in [1.29, 1.82) is 0 Å². The van der Waals surface area contributed by atoms with Crippen LogP contribution < -0.4 is 33.9 Å². The van der Waals surface area contributed by atoms with Crippen LogP contribution in [0.1, 0.15) is 11.8 Å². The van der Waals surface area contributed by atoms with Gasteiger partial charge in [-0.2, -0.15) is 0 Å². The maximum Gasteiger partial charge on any atom is 0.289 e. The molecule has 1 saturated heterocycles. The molecule has 1 aliphatic rings. The zero-order chi connectivity index (χ0) is 24.3. The van der Waals surface area contributed by atoms with Crippen molar-refractivity contribution in [2.24, 2.45) is 0 Å². The maximum atomic E-state index is 13.0. The second kappa shape index (κ2) is 10.0. The number of nitrogens with two attached hydrogens (primary N) is 1. The number of nitrogens with zero attached hydrogens (tertiary/aromatic N) is 4. The molecule has 0 spiro atoms. The number of halogens is 2. The largest absolute Gasteiger partial charge is 0.394 e. The topological polar surface area (TPSA) is 232 Å². The van der Waals surface area contributed by atoms with Gasteiger partial charge in [-0.05, 0) is 17.7 Å². The van der Waals surface area contributed by atoms with Crippen molar-refractivity contribution in [2.45, 2.75) is 31.1 Å². The van der Waals surface area contributed by atoms with E-state index in [2.05, 4.69) is 9.97 Å². The number of hydrogen-bond donors (Lipinski definition) is 4. The number of benzene rings is 1. The van der Waals surface area contributed by atoms with E-state index in [4.69, 9.17) is 33.9 Å².